The molecule has 5 rings (SSSR count). The Morgan fingerprint density at radius 2 is 0.688 bits per heavy atom. The molecule has 4 aromatic carbocycles. The van der Waals surface area contributed by atoms with Gasteiger partial charge in [0.15, 0.2) is 13.2 Å². The highest BCUT2D eigenvalue weighted by Gasteiger charge is 2.30. The number of phenols is 2. The van der Waals surface area contributed by atoms with Gasteiger partial charge in [0.1, 0.15) is 23.0 Å². The van der Waals surface area contributed by atoms with Gasteiger partial charge in [-0.15, -0.1) is 0 Å². The minimum absolute atomic E-state index is 0.0496. The van der Waals surface area contributed by atoms with Gasteiger partial charge in [0.2, 0.25) is 0 Å². The number of hydrogen-bond donors (Lipinski definition) is 6. The van der Waals surface area contributed by atoms with Crippen molar-refractivity contribution in [3.8, 4) is 23.0 Å². The number of aliphatic hydroxyl groups is 2. The third-order valence-electron chi connectivity index (χ3n) is 10.5. The lowest BCUT2D eigenvalue weighted by molar-refractivity contribution is -0.123. The summed E-state index contributed by atoms with van der Waals surface area (Å²) < 4.78 is 13.0. The molecule has 0 saturated heterocycles. The summed E-state index contributed by atoms with van der Waals surface area (Å²) in [6, 6.07) is 16.2. The van der Waals surface area contributed by atoms with E-state index in [2.05, 4.69) is 118 Å². The normalized spacial score (nSPS) is 13.3. The van der Waals surface area contributed by atoms with Crippen LogP contribution in [0.1, 0.15) is 118 Å². The van der Waals surface area contributed by atoms with E-state index < -0.39 is 0 Å². The molecule has 0 saturated carbocycles. The van der Waals surface area contributed by atoms with Crippen LogP contribution in [-0.4, -0.2) is 71.8 Å². The summed E-state index contributed by atoms with van der Waals surface area (Å²) in [5.74, 6) is 0.297. The van der Waals surface area contributed by atoms with Gasteiger partial charge in [-0.3, -0.25) is 9.59 Å². The zero-order valence-electron chi connectivity index (χ0n) is 39.3. The van der Waals surface area contributed by atoms with Gasteiger partial charge >= 0.3 is 0 Å². The molecule has 0 aliphatic carbocycles. The third-order valence-corrected chi connectivity index (χ3v) is 14.7. The maximum atomic E-state index is 13.2. The lowest BCUT2D eigenvalue weighted by Crippen LogP contribution is -2.30. The molecule has 0 radical (unpaired) electrons. The minimum atomic E-state index is -0.341. The molecule has 1 aliphatic heterocycles. The Hall–Kier alpha value is -3.66. The van der Waals surface area contributed by atoms with E-state index in [9.17, 15) is 30.0 Å². The monoisotopic (exact) mass is 950 g/mol. The molecular formula is C50H66N2O8S4. The standard InChI is InChI=1S/C50H66N2O8S4/c1-47(2,3)29-19-33-43(57)34(20-29)62-38-24-32(50(10,11)12)26-40(46(38)60-28-42(56)52-16-14-18-54)64-36-22-30(48(4,5)6)21-35(44(36)58)63-39-25-31(49(7,8)9)23-37(61-33)45(39)59-27-41(55)51-15-13-17-53/h19-26,53-54,57-58H,13-18,27-28H2,1-12H3,(H,51,55)(H,52,56). The van der Waals surface area contributed by atoms with Gasteiger partial charge in [-0.25, -0.2) is 0 Å². The number of amides is 2. The minimum Gasteiger partial charge on any atom is -0.506 e. The van der Waals surface area contributed by atoms with Crippen molar-refractivity contribution in [1.29, 1.82) is 0 Å². The fourth-order valence-electron chi connectivity index (χ4n) is 6.41. The largest absolute Gasteiger partial charge is 0.506 e. The van der Waals surface area contributed by atoms with Crippen molar-refractivity contribution >= 4 is 58.9 Å². The summed E-state index contributed by atoms with van der Waals surface area (Å²) in [6.45, 7) is 25.4. The lowest BCUT2D eigenvalue weighted by atomic mass is 9.87. The summed E-state index contributed by atoms with van der Waals surface area (Å²) in [7, 11) is 0. The van der Waals surface area contributed by atoms with Crippen molar-refractivity contribution in [3.05, 3.63) is 70.8 Å². The van der Waals surface area contributed by atoms with E-state index in [1.54, 1.807) is 0 Å². The predicted molar refractivity (Wildman–Crippen MR) is 261 cm³/mol. The van der Waals surface area contributed by atoms with Crippen LogP contribution >= 0.6 is 47.0 Å². The van der Waals surface area contributed by atoms with Crippen LogP contribution in [0.4, 0.5) is 0 Å². The number of rotatable bonds is 12. The van der Waals surface area contributed by atoms with Gasteiger partial charge in [0.05, 0.1) is 39.2 Å². The Kier molecular flexibility index (Phi) is 16.7. The second-order valence-corrected chi connectivity index (χ2v) is 24.4. The predicted octanol–water partition coefficient (Wildman–Crippen LogP) is 11.0. The van der Waals surface area contributed by atoms with E-state index in [4.69, 9.17) is 9.47 Å². The number of nitrogens with one attached hydrogen (secondary N) is 2. The molecule has 348 valence electrons. The number of fused-ring (bicyclic) bond motifs is 8. The van der Waals surface area contributed by atoms with Crippen molar-refractivity contribution in [2.75, 3.05) is 39.5 Å². The van der Waals surface area contributed by atoms with Gasteiger partial charge in [-0.2, -0.15) is 0 Å². The highest BCUT2D eigenvalue weighted by molar-refractivity contribution is 8.01. The van der Waals surface area contributed by atoms with Gasteiger partial charge in [0, 0.05) is 26.3 Å². The van der Waals surface area contributed by atoms with Crippen LogP contribution in [0.25, 0.3) is 0 Å². The summed E-state index contributed by atoms with van der Waals surface area (Å²) in [4.78, 5) is 31.3. The summed E-state index contributed by atoms with van der Waals surface area (Å²) in [5.41, 5.74) is 2.64. The summed E-state index contributed by atoms with van der Waals surface area (Å²) in [6.07, 6.45) is 0.828. The average molecular weight is 951 g/mol. The van der Waals surface area contributed by atoms with E-state index in [1.807, 2.05) is 24.3 Å². The van der Waals surface area contributed by atoms with Crippen LogP contribution in [0.3, 0.4) is 0 Å². The van der Waals surface area contributed by atoms with Crippen molar-refractivity contribution in [2.24, 2.45) is 0 Å². The number of hydrogen-bond acceptors (Lipinski definition) is 12. The molecule has 2 amide bonds. The number of carbonyl (C=O) groups is 2. The number of aliphatic hydroxyl groups excluding tert-OH is 2. The molecule has 14 heteroatoms. The first kappa shape index (κ1) is 51.3. The second-order valence-electron chi connectivity index (χ2n) is 20.1. The fraction of sp³-hybridized carbons (Fsp3) is 0.480. The Balaban J connectivity index is 1.88. The first-order valence-corrected chi connectivity index (χ1v) is 24.9. The first-order chi connectivity index (χ1) is 29.8. The number of phenolic OH excluding ortho intramolecular Hbond substituents is 2. The first-order valence-electron chi connectivity index (χ1n) is 21.6. The topological polar surface area (TPSA) is 158 Å². The molecule has 0 fully saturated rings. The smallest absolute Gasteiger partial charge is 0.257 e. The van der Waals surface area contributed by atoms with Gasteiger partial charge < -0.3 is 40.5 Å². The summed E-state index contributed by atoms with van der Waals surface area (Å²) >= 11 is 5.40. The highest BCUT2D eigenvalue weighted by atomic mass is 32.2. The van der Waals surface area contributed by atoms with Crippen molar-refractivity contribution in [2.45, 2.75) is 157 Å². The molecule has 6 N–H and O–H groups in total. The molecule has 8 bridgehead atoms. The molecule has 0 spiro atoms. The molecule has 10 nitrogen and oxygen atoms in total. The Bertz CT molecular complexity index is 2080. The van der Waals surface area contributed by atoms with E-state index in [0.29, 0.717) is 76.6 Å². The van der Waals surface area contributed by atoms with Crippen molar-refractivity contribution < 1.29 is 39.5 Å². The number of carbonyl (C=O) groups excluding carboxylic acids is 2. The molecule has 0 atom stereocenters. The third kappa shape index (κ3) is 13.2. The van der Waals surface area contributed by atoms with E-state index in [0.717, 1.165) is 22.3 Å². The van der Waals surface area contributed by atoms with Gasteiger partial charge in [0.25, 0.3) is 11.8 Å². The van der Waals surface area contributed by atoms with Crippen LogP contribution < -0.4 is 20.1 Å². The number of ether oxygens (including phenoxy) is 2. The fourth-order valence-corrected chi connectivity index (χ4v) is 11.0. The maximum Gasteiger partial charge on any atom is 0.257 e. The molecule has 0 unspecified atom stereocenters. The van der Waals surface area contributed by atoms with Gasteiger partial charge in [-0.1, -0.05) is 130 Å². The van der Waals surface area contributed by atoms with Crippen LogP contribution in [0.5, 0.6) is 23.0 Å². The molecule has 1 heterocycles. The summed E-state index contributed by atoms with van der Waals surface area (Å²) in [5, 5.41) is 49.2. The zero-order valence-corrected chi connectivity index (χ0v) is 42.6. The number of benzene rings is 4. The average Bonchev–Trinajstić information content (AvgIpc) is 3.18. The Morgan fingerprint density at radius 3 is 0.906 bits per heavy atom. The van der Waals surface area contributed by atoms with Crippen LogP contribution in [0.15, 0.2) is 87.7 Å². The van der Waals surface area contributed by atoms with Crippen LogP contribution in [0.2, 0.25) is 0 Å². The second kappa shape index (κ2) is 20.9. The van der Waals surface area contributed by atoms with Crippen LogP contribution in [-0.2, 0) is 31.2 Å². The van der Waals surface area contributed by atoms with Crippen molar-refractivity contribution in [3.63, 3.8) is 0 Å². The number of aromatic hydroxyl groups is 2. The maximum absolute atomic E-state index is 13.2. The molecule has 0 aromatic heterocycles. The molecule has 1 aliphatic rings. The molecule has 64 heavy (non-hydrogen) atoms. The SMILES string of the molecule is CC(C)(C)c1cc2c(O)c(c1)Sc1cc(C(C)(C)C)cc(c1OCC(=O)NCCCO)Sc1cc(C(C)(C)C)cc(c1O)Sc1cc(C(C)(C)C)cc(c1OCC(=O)NCCCO)S2. The van der Waals surface area contributed by atoms with E-state index >= 15 is 0 Å². The van der Waals surface area contributed by atoms with Crippen LogP contribution in [0, 0.1) is 0 Å². The van der Waals surface area contributed by atoms with Gasteiger partial charge in [-0.05, 0) is 105 Å². The lowest BCUT2D eigenvalue weighted by Gasteiger charge is -2.27. The van der Waals surface area contributed by atoms with E-state index in [1.165, 1.54) is 47.0 Å². The molecular weight excluding hydrogens is 885 g/mol. The Labute approximate surface area is 396 Å². The molecule has 4 aromatic rings. The quantitative estimate of drug-likeness (QED) is 0.0659. The van der Waals surface area contributed by atoms with Crippen molar-refractivity contribution in [1.82, 2.24) is 10.6 Å². The Morgan fingerprint density at radius 1 is 0.453 bits per heavy atom. The highest BCUT2D eigenvalue weighted by Crippen LogP contribution is 2.56. The zero-order chi connectivity index (χ0) is 47.4. The van der Waals surface area contributed by atoms with E-state index in [-0.39, 0.29) is 71.4 Å².